The van der Waals surface area contributed by atoms with Crippen molar-refractivity contribution in [1.82, 2.24) is 0 Å². The molecule has 0 N–H and O–H groups in total. The summed E-state index contributed by atoms with van der Waals surface area (Å²) in [7, 11) is 2.16. The fourth-order valence-electron chi connectivity index (χ4n) is 6.47. The zero-order valence-corrected chi connectivity index (χ0v) is 25.1. The molecule has 0 aromatic heterocycles. The van der Waals surface area contributed by atoms with Crippen LogP contribution in [0.2, 0.25) is 0 Å². The highest BCUT2D eigenvalue weighted by Gasteiger charge is 2.14. The van der Waals surface area contributed by atoms with E-state index in [-0.39, 0.29) is 0 Å². The van der Waals surface area contributed by atoms with E-state index in [1.807, 2.05) is 0 Å². The van der Waals surface area contributed by atoms with Crippen molar-refractivity contribution in [2.45, 2.75) is 0 Å². The lowest BCUT2D eigenvalue weighted by atomic mass is 9.99. The summed E-state index contributed by atoms with van der Waals surface area (Å²) < 4.78 is 0. The standard InChI is InChI=1S/C43H32N2/c1-44(43-30-35-13-7-8-16-40(35)41-17-9-10-18-42(41)43)36-24-19-32(20-25-36)33-21-26-38(27-22-33)45(37-14-3-2-4-15-37)39-28-23-31-11-5-6-12-34(31)29-39/h2-30H,1H3. The highest BCUT2D eigenvalue weighted by molar-refractivity contribution is 6.13. The third-order valence-electron chi connectivity index (χ3n) is 8.83. The van der Waals surface area contributed by atoms with Crippen molar-refractivity contribution < 1.29 is 0 Å². The lowest BCUT2D eigenvalue weighted by Gasteiger charge is -2.26. The molecule has 8 aromatic rings. The molecule has 2 nitrogen and oxygen atoms in total. The monoisotopic (exact) mass is 576 g/mol. The minimum Gasteiger partial charge on any atom is -0.344 e. The van der Waals surface area contributed by atoms with Crippen molar-refractivity contribution in [1.29, 1.82) is 0 Å². The van der Waals surface area contributed by atoms with Crippen LogP contribution < -0.4 is 9.80 Å². The van der Waals surface area contributed by atoms with Crippen LogP contribution >= 0.6 is 0 Å². The maximum Gasteiger partial charge on any atom is 0.0494 e. The second-order valence-electron chi connectivity index (χ2n) is 11.5. The molecule has 0 aliphatic heterocycles. The fraction of sp³-hybridized carbons (Fsp3) is 0.0233. The van der Waals surface area contributed by atoms with Gasteiger partial charge in [0.2, 0.25) is 0 Å². The Hall–Kier alpha value is -5.86. The van der Waals surface area contributed by atoms with Gasteiger partial charge in [0.15, 0.2) is 0 Å². The van der Waals surface area contributed by atoms with Gasteiger partial charge < -0.3 is 9.80 Å². The molecule has 0 atom stereocenters. The van der Waals surface area contributed by atoms with Gasteiger partial charge in [-0.05, 0) is 92.7 Å². The molecule has 0 bridgehead atoms. The summed E-state index contributed by atoms with van der Waals surface area (Å²) in [6.45, 7) is 0. The average molecular weight is 577 g/mol. The number of hydrogen-bond donors (Lipinski definition) is 0. The zero-order valence-electron chi connectivity index (χ0n) is 25.1. The van der Waals surface area contributed by atoms with E-state index >= 15 is 0 Å². The first-order valence-electron chi connectivity index (χ1n) is 15.4. The van der Waals surface area contributed by atoms with Gasteiger partial charge in [-0.25, -0.2) is 0 Å². The van der Waals surface area contributed by atoms with E-state index in [0.29, 0.717) is 0 Å². The van der Waals surface area contributed by atoms with Crippen LogP contribution in [0, 0.1) is 0 Å². The number of hydrogen-bond acceptors (Lipinski definition) is 2. The number of anilines is 5. The summed E-state index contributed by atoms with van der Waals surface area (Å²) >= 11 is 0. The van der Waals surface area contributed by atoms with Crippen molar-refractivity contribution in [2.75, 3.05) is 16.8 Å². The van der Waals surface area contributed by atoms with Gasteiger partial charge in [0.1, 0.15) is 0 Å². The third-order valence-corrected chi connectivity index (χ3v) is 8.83. The second-order valence-corrected chi connectivity index (χ2v) is 11.5. The second kappa shape index (κ2) is 11.3. The van der Waals surface area contributed by atoms with Crippen LogP contribution in [-0.2, 0) is 0 Å². The predicted octanol–water partition coefficient (Wildman–Crippen LogP) is 12.1. The summed E-state index contributed by atoms with van der Waals surface area (Å²) in [5.74, 6) is 0. The normalized spacial score (nSPS) is 11.2. The Morgan fingerprint density at radius 2 is 0.844 bits per heavy atom. The first-order chi connectivity index (χ1) is 22.2. The van der Waals surface area contributed by atoms with Crippen LogP contribution in [0.4, 0.5) is 28.4 Å². The molecule has 0 radical (unpaired) electrons. The van der Waals surface area contributed by atoms with Gasteiger partial charge >= 0.3 is 0 Å². The Morgan fingerprint density at radius 3 is 1.56 bits per heavy atom. The first-order valence-corrected chi connectivity index (χ1v) is 15.4. The molecule has 8 rings (SSSR count). The van der Waals surface area contributed by atoms with Crippen LogP contribution in [0.1, 0.15) is 0 Å². The van der Waals surface area contributed by atoms with Gasteiger partial charge in [-0.1, -0.05) is 121 Å². The summed E-state index contributed by atoms with van der Waals surface area (Å²) in [5.41, 5.74) is 8.14. The summed E-state index contributed by atoms with van der Waals surface area (Å²) in [6.07, 6.45) is 0. The number of benzene rings is 8. The Balaban J connectivity index is 1.11. The van der Waals surface area contributed by atoms with Crippen molar-refractivity contribution in [2.24, 2.45) is 0 Å². The van der Waals surface area contributed by atoms with Gasteiger partial charge in [-0.15, -0.1) is 0 Å². The summed E-state index contributed by atoms with van der Waals surface area (Å²) in [5, 5.41) is 7.55. The lowest BCUT2D eigenvalue weighted by Crippen LogP contribution is -2.10. The van der Waals surface area contributed by atoms with E-state index in [2.05, 4.69) is 193 Å². The highest BCUT2D eigenvalue weighted by atomic mass is 15.1. The average Bonchev–Trinajstić information content (AvgIpc) is 3.12. The van der Waals surface area contributed by atoms with E-state index < -0.39 is 0 Å². The van der Waals surface area contributed by atoms with Gasteiger partial charge in [-0.2, -0.15) is 0 Å². The molecule has 0 aliphatic rings. The molecule has 45 heavy (non-hydrogen) atoms. The molecule has 0 fully saturated rings. The minimum atomic E-state index is 1.12. The number of fused-ring (bicyclic) bond motifs is 4. The van der Waals surface area contributed by atoms with E-state index in [1.165, 1.54) is 49.1 Å². The van der Waals surface area contributed by atoms with Crippen LogP contribution in [0.5, 0.6) is 0 Å². The third kappa shape index (κ3) is 4.97. The fourth-order valence-corrected chi connectivity index (χ4v) is 6.47. The maximum atomic E-state index is 2.32. The molecule has 214 valence electrons. The van der Waals surface area contributed by atoms with Crippen molar-refractivity contribution in [3.63, 3.8) is 0 Å². The maximum absolute atomic E-state index is 2.32. The van der Waals surface area contributed by atoms with E-state index in [9.17, 15) is 0 Å². The Morgan fingerprint density at radius 1 is 0.333 bits per heavy atom. The van der Waals surface area contributed by atoms with E-state index in [4.69, 9.17) is 0 Å². The van der Waals surface area contributed by atoms with Crippen molar-refractivity contribution in [3.8, 4) is 11.1 Å². The smallest absolute Gasteiger partial charge is 0.0494 e. The van der Waals surface area contributed by atoms with Crippen molar-refractivity contribution >= 4 is 60.8 Å². The zero-order chi connectivity index (χ0) is 30.2. The first kappa shape index (κ1) is 26.7. The minimum absolute atomic E-state index is 1.12. The molecule has 0 amide bonds. The molecule has 0 aliphatic carbocycles. The summed E-state index contributed by atoms with van der Waals surface area (Å²) in [4.78, 5) is 4.62. The van der Waals surface area contributed by atoms with E-state index in [0.717, 1.165) is 22.7 Å². The van der Waals surface area contributed by atoms with Crippen LogP contribution in [0.25, 0.3) is 43.4 Å². The molecule has 0 heterocycles. The van der Waals surface area contributed by atoms with Crippen LogP contribution in [0.3, 0.4) is 0 Å². The number of para-hydroxylation sites is 1. The number of nitrogens with zero attached hydrogens (tertiary/aromatic N) is 2. The van der Waals surface area contributed by atoms with Gasteiger partial charge in [0.05, 0.1) is 0 Å². The largest absolute Gasteiger partial charge is 0.344 e. The van der Waals surface area contributed by atoms with Crippen LogP contribution in [-0.4, -0.2) is 7.05 Å². The SMILES string of the molecule is CN(c1ccc(-c2ccc(N(c3ccccc3)c3ccc4ccccc4c3)cc2)cc1)c1cc2ccccc2c2ccccc12. The van der Waals surface area contributed by atoms with Gasteiger partial charge in [0, 0.05) is 40.9 Å². The highest BCUT2D eigenvalue weighted by Crippen LogP contribution is 2.39. The van der Waals surface area contributed by atoms with Gasteiger partial charge in [0.25, 0.3) is 0 Å². The molecular formula is C43H32N2. The summed E-state index contributed by atoms with van der Waals surface area (Å²) in [6, 6.07) is 63.2. The topological polar surface area (TPSA) is 6.48 Å². The Labute approximate surface area is 264 Å². The predicted molar refractivity (Wildman–Crippen MR) is 194 cm³/mol. The lowest BCUT2D eigenvalue weighted by molar-refractivity contribution is 1.22. The molecule has 8 aromatic carbocycles. The Bertz CT molecular complexity index is 2270. The van der Waals surface area contributed by atoms with Crippen molar-refractivity contribution in [3.05, 3.63) is 176 Å². The van der Waals surface area contributed by atoms with Gasteiger partial charge in [-0.3, -0.25) is 0 Å². The Kier molecular flexibility index (Phi) is 6.73. The molecule has 2 heteroatoms. The molecule has 0 saturated heterocycles. The molecule has 0 unspecified atom stereocenters. The molecular weight excluding hydrogens is 544 g/mol. The molecule has 0 spiro atoms. The van der Waals surface area contributed by atoms with E-state index in [1.54, 1.807) is 0 Å². The molecule has 0 saturated carbocycles. The number of rotatable bonds is 6. The quantitative estimate of drug-likeness (QED) is 0.182. The van der Waals surface area contributed by atoms with Crippen LogP contribution in [0.15, 0.2) is 176 Å².